The van der Waals surface area contributed by atoms with E-state index in [-0.39, 0.29) is 6.10 Å². The lowest BCUT2D eigenvalue weighted by atomic mass is 9.99. The van der Waals surface area contributed by atoms with Crippen molar-refractivity contribution in [2.75, 3.05) is 32.8 Å². The molecule has 4 heteroatoms. The monoisotopic (exact) mass is 291 g/mol. The third-order valence-electron chi connectivity index (χ3n) is 4.56. The molecule has 0 aliphatic carbocycles. The molecule has 0 aromatic heterocycles. The minimum atomic E-state index is -0.627. The highest BCUT2D eigenvalue weighted by Gasteiger charge is 2.39. The second-order valence-corrected chi connectivity index (χ2v) is 6.31. The van der Waals surface area contributed by atoms with Gasteiger partial charge in [0.05, 0.1) is 12.7 Å². The Morgan fingerprint density at radius 3 is 2.90 bits per heavy atom. The summed E-state index contributed by atoms with van der Waals surface area (Å²) in [6.07, 6.45) is 2.40. The lowest BCUT2D eigenvalue weighted by molar-refractivity contribution is -0.164. The van der Waals surface area contributed by atoms with Crippen LogP contribution in [-0.4, -0.2) is 49.0 Å². The Hall–Kier alpha value is -0.940. The molecule has 0 amide bonds. The van der Waals surface area contributed by atoms with E-state index >= 15 is 0 Å². The molecule has 3 unspecified atom stereocenters. The molecular weight excluding hydrogens is 266 g/mol. The Balaban J connectivity index is 1.57. The number of hydrogen-bond acceptors (Lipinski definition) is 4. The summed E-state index contributed by atoms with van der Waals surface area (Å²) in [4.78, 5) is 2.40. The van der Waals surface area contributed by atoms with Crippen LogP contribution in [0.15, 0.2) is 30.3 Å². The highest BCUT2D eigenvalue weighted by atomic mass is 16.7. The largest absolute Gasteiger partial charge is 0.396 e. The Bertz CT molecular complexity index is 453. The number of ether oxygens (including phenoxy) is 2. The number of hydrogen-bond donors (Lipinski definition) is 1. The van der Waals surface area contributed by atoms with Crippen LogP contribution in [-0.2, 0) is 15.3 Å². The maximum Gasteiger partial charge on any atom is 0.192 e. The molecule has 0 radical (unpaired) electrons. The smallest absolute Gasteiger partial charge is 0.192 e. The maximum atomic E-state index is 9.32. The molecule has 1 aromatic rings. The molecule has 0 spiro atoms. The van der Waals surface area contributed by atoms with Gasteiger partial charge in [0.15, 0.2) is 5.79 Å². The number of aliphatic hydroxyl groups is 1. The standard InChI is InChI=1S/C17H25NO3/c1-17(15-7-3-2-4-8-15)20-13-16(21-17)11-18-9-5-6-14(10-18)12-19/h2-4,7-8,14,16,19H,5-6,9-13H2,1H3. The Morgan fingerprint density at radius 1 is 1.33 bits per heavy atom. The second kappa shape index (κ2) is 6.44. The minimum Gasteiger partial charge on any atom is -0.396 e. The van der Waals surface area contributed by atoms with E-state index < -0.39 is 5.79 Å². The highest BCUT2D eigenvalue weighted by Crippen LogP contribution is 2.34. The van der Waals surface area contributed by atoms with Crippen molar-refractivity contribution in [1.82, 2.24) is 4.90 Å². The van der Waals surface area contributed by atoms with Gasteiger partial charge >= 0.3 is 0 Å². The van der Waals surface area contributed by atoms with Crippen LogP contribution in [0.25, 0.3) is 0 Å². The zero-order chi connectivity index (χ0) is 14.7. The van der Waals surface area contributed by atoms with Crippen LogP contribution < -0.4 is 0 Å². The van der Waals surface area contributed by atoms with Crippen LogP contribution in [0.5, 0.6) is 0 Å². The topological polar surface area (TPSA) is 41.9 Å². The number of benzene rings is 1. The third-order valence-corrected chi connectivity index (χ3v) is 4.56. The first-order valence-electron chi connectivity index (χ1n) is 7.90. The summed E-state index contributed by atoms with van der Waals surface area (Å²) in [5, 5.41) is 9.32. The summed E-state index contributed by atoms with van der Waals surface area (Å²) in [7, 11) is 0. The molecule has 1 aromatic carbocycles. The summed E-state index contributed by atoms with van der Waals surface area (Å²) in [6.45, 7) is 5.87. The molecule has 2 fully saturated rings. The van der Waals surface area contributed by atoms with Gasteiger partial charge in [-0.1, -0.05) is 30.3 Å². The normalized spacial score (nSPS) is 34.2. The summed E-state index contributed by atoms with van der Waals surface area (Å²) in [5.41, 5.74) is 1.07. The van der Waals surface area contributed by atoms with Crippen molar-refractivity contribution < 1.29 is 14.6 Å². The van der Waals surface area contributed by atoms with Gasteiger partial charge in [-0.3, -0.25) is 0 Å². The van der Waals surface area contributed by atoms with Gasteiger partial charge in [0, 0.05) is 25.3 Å². The summed E-state index contributed by atoms with van der Waals surface area (Å²) in [6, 6.07) is 10.1. The van der Waals surface area contributed by atoms with Gasteiger partial charge in [-0.25, -0.2) is 0 Å². The van der Waals surface area contributed by atoms with Gasteiger partial charge in [0.2, 0.25) is 0 Å². The van der Waals surface area contributed by atoms with Crippen LogP contribution in [0, 0.1) is 5.92 Å². The first-order valence-corrected chi connectivity index (χ1v) is 7.90. The van der Waals surface area contributed by atoms with Crippen molar-refractivity contribution in [3.05, 3.63) is 35.9 Å². The molecule has 2 saturated heterocycles. The fourth-order valence-corrected chi connectivity index (χ4v) is 3.37. The zero-order valence-electron chi connectivity index (χ0n) is 12.7. The average Bonchev–Trinajstić information content (AvgIpc) is 2.91. The molecule has 21 heavy (non-hydrogen) atoms. The predicted molar refractivity (Wildman–Crippen MR) is 80.9 cm³/mol. The maximum absolute atomic E-state index is 9.32. The van der Waals surface area contributed by atoms with Gasteiger partial charge in [-0.05, 0) is 32.2 Å². The average molecular weight is 291 g/mol. The molecule has 2 aliphatic rings. The third kappa shape index (κ3) is 3.46. The zero-order valence-corrected chi connectivity index (χ0v) is 12.7. The van der Waals surface area contributed by atoms with Crippen molar-refractivity contribution >= 4 is 0 Å². The first kappa shape index (κ1) is 15.0. The summed E-state index contributed by atoms with van der Waals surface area (Å²) >= 11 is 0. The quantitative estimate of drug-likeness (QED) is 0.921. The van der Waals surface area contributed by atoms with Gasteiger partial charge in [-0.2, -0.15) is 0 Å². The number of piperidine rings is 1. The molecule has 3 rings (SSSR count). The first-order chi connectivity index (χ1) is 10.2. The number of aliphatic hydroxyl groups excluding tert-OH is 1. The van der Waals surface area contributed by atoms with Crippen LogP contribution >= 0.6 is 0 Å². The second-order valence-electron chi connectivity index (χ2n) is 6.31. The summed E-state index contributed by atoms with van der Waals surface area (Å²) < 4.78 is 12.1. The van der Waals surface area contributed by atoms with E-state index in [0.29, 0.717) is 19.1 Å². The van der Waals surface area contributed by atoms with E-state index in [1.165, 1.54) is 0 Å². The highest BCUT2D eigenvalue weighted by molar-refractivity contribution is 5.20. The van der Waals surface area contributed by atoms with Crippen molar-refractivity contribution in [3.63, 3.8) is 0 Å². The lowest BCUT2D eigenvalue weighted by Gasteiger charge is -2.33. The minimum absolute atomic E-state index is 0.104. The van der Waals surface area contributed by atoms with E-state index in [0.717, 1.165) is 38.0 Å². The number of nitrogens with zero attached hydrogens (tertiary/aromatic N) is 1. The van der Waals surface area contributed by atoms with E-state index in [1.807, 2.05) is 37.3 Å². The van der Waals surface area contributed by atoms with Crippen LogP contribution in [0.4, 0.5) is 0 Å². The number of likely N-dealkylation sites (tertiary alicyclic amines) is 1. The van der Waals surface area contributed by atoms with E-state index in [9.17, 15) is 5.11 Å². The van der Waals surface area contributed by atoms with Crippen LogP contribution in [0.2, 0.25) is 0 Å². The summed E-state index contributed by atoms with van der Waals surface area (Å²) in [5.74, 6) is -0.209. The van der Waals surface area contributed by atoms with Gasteiger partial charge in [0.25, 0.3) is 0 Å². The van der Waals surface area contributed by atoms with Crippen molar-refractivity contribution in [2.45, 2.75) is 31.7 Å². The Kier molecular flexibility index (Phi) is 4.60. The van der Waals surface area contributed by atoms with Crippen molar-refractivity contribution in [1.29, 1.82) is 0 Å². The Morgan fingerprint density at radius 2 is 2.14 bits per heavy atom. The molecule has 0 bridgehead atoms. The molecule has 2 heterocycles. The van der Waals surface area contributed by atoms with Crippen molar-refractivity contribution in [3.8, 4) is 0 Å². The van der Waals surface area contributed by atoms with E-state index in [2.05, 4.69) is 4.90 Å². The lowest BCUT2D eigenvalue weighted by Crippen LogP contribution is -2.42. The molecule has 4 nitrogen and oxygen atoms in total. The fourth-order valence-electron chi connectivity index (χ4n) is 3.37. The van der Waals surface area contributed by atoms with Gasteiger partial charge in [0.1, 0.15) is 0 Å². The SMILES string of the molecule is CC1(c2ccccc2)OCC(CN2CCCC(CO)C2)O1. The van der Waals surface area contributed by atoms with Gasteiger partial charge < -0.3 is 19.5 Å². The molecule has 2 aliphatic heterocycles. The number of rotatable bonds is 4. The predicted octanol–water partition coefficient (Wildman–Crippen LogP) is 1.98. The molecule has 1 N–H and O–H groups in total. The van der Waals surface area contributed by atoms with Crippen LogP contribution in [0.1, 0.15) is 25.3 Å². The Labute approximate surface area is 126 Å². The molecular formula is C17H25NO3. The molecule has 116 valence electrons. The molecule has 3 atom stereocenters. The van der Waals surface area contributed by atoms with E-state index in [1.54, 1.807) is 0 Å². The van der Waals surface area contributed by atoms with Gasteiger partial charge in [-0.15, -0.1) is 0 Å². The molecule has 0 saturated carbocycles. The van der Waals surface area contributed by atoms with Crippen LogP contribution in [0.3, 0.4) is 0 Å². The van der Waals surface area contributed by atoms with Crippen molar-refractivity contribution in [2.24, 2.45) is 5.92 Å². The fraction of sp³-hybridized carbons (Fsp3) is 0.647. The van der Waals surface area contributed by atoms with E-state index in [4.69, 9.17) is 9.47 Å².